The van der Waals surface area contributed by atoms with Gasteiger partial charge < -0.3 is 29.9 Å². The van der Waals surface area contributed by atoms with Crippen molar-refractivity contribution in [2.45, 2.75) is 13.8 Å². The van der Waals surface area contributed by atoms with Gasteiger partial charge in [0.25, 0.3) is 5.91 Å². The molecular weight excluding hydrogens is 629 g/mol. The van der Waals surface area contributed by atoms with Gasteiger partial charge in [0.2, 0.25) is 15.9 Å². The minimum atomic E-state index is -3.78. The Morgan fingerprint density at radius 1 is 0.957 bits per heavy atom. The van der Waals surface area contributed by atoms with Gasteiger partial charge in [0.05, 0.1) is 41.7 Å². The number of hydrogen-bond acceptors (Lipinski definition) is 9. The Morgan fingerprint density at radius 3 is 2.20 bits per heavy atom. The van der Waals surface area contributed by atoms with Crippen LogP contribution in [0.5, 0.6) is 0 Å². The quantitative estimate of drug-likeness (QED) is 0.162. The summed E-state index contributed by atoms with van der Waals surface area (Å²) in [7, 11) is -3.66. The van der Waals surface area contributed by atoms with Crippen LogP contribution in [0.2, 0.25) is 0 Å². The molecular formula is C32H40N5O7PS. The van der Waals surface area contributed by atoms with Crippen LogP contribution in [-0.2, 0) is 33.2 Å². The van der Waals surface area contributed by atoms with Crippen LogP contribution < -0.4 is 25.6 Å². The van der Waals surface area contributed by atoms with Crippen LogP contribution >= 0.6 is 7.60 Å². The Morgan fingerprint density at radius 2 is 1.61 bits per heavy atom. The van der Waals surface area contributed by atoms with Gasteiger partial charge in [-0.05, 0) is 76.0 Å². The highest BCUT2D eigenvalue weighted by Gasteiger charge is 2.33. The number of benzene rings is 3. The van der Waals surface area contributed by atoms with Gasteiger partial charge in [0.15, 0.2) is 0 Å². The minimum Gasteiger partial charge on any atom is -0.354 e. The van der Waals surface area contributed by atoms with Crippen molar-refractivity contribution in [3.63, 3.8) is 0 Å². The number of anilines is 3. The number of sulfonamides is 1. The number of nitrogens with one attached hydrogen (secondary N) is 3. The topological polar surface area (TPSA) is 146 Å². The molecule has 246 valence electrons. The third-order valence-corrected chi connectivity index (χ3v) is 10.2. The number of hydrogen-bond donors (Lipinski definition) is 3. The number of amides is 2. The predicted octanol–water partition coefficient (Wildman–Crippen LogP) is 3.95. The first-order valence-corrected chi connectivity index (χ1v) is 18.2. The number of likely N-dealkylation sites (N-methyl/N-ethyl adjacent to an activating group) is 1. The molecule has 0 aliphatic carbocycles. The molecule has 3 N–H and O–H groups in total. The van der Waals surface area contributed by atoms with Crippen molar-refractivity contribution >= 4 is 63.1 Å². The van der Waals surface area contributed by atoms with E-state index < -0.39 is 23.5 Å². The molecule has 3 aromatic carbocycles. The molecule has 0 spiro atoms. The normalized spacial score (nSPS) is 14.1. The summed E-state index contributed by atoms with van der Waals surface area (Å²) in [6, 6.07) is 20.7. The highest BCUT2D eigenvalue weighted by Crippen LogP contribution is 2.48. The van der Waals surface area contributed by atoms with Crippen LogP contribution in [0.4, 0.5) is 17.1 Å². The fourth-order valence-corrected chi connectivity index (χ4v) is 7.30. The molecule has 0 aromatic heterocycles. The predicted molar refractivity (Wildman–Crippen MR) is 183 cm³/mol. The molecule has 4 rings (SSSR count). The molecule has 3 aromatic rings. The molecule has 0 bridgehead atoms. The first kappa shape index (κ1) is 34.9. The van der Waals surface area contributed by atoms with Crippen molar-refractivity contribution in [3.05, 3.63) is 83.9 Å². The average molecular weight is 670 g/mol. The summed E-state index contributed by atoms with van der Waals surface area (Å²) in [5.41, 5.74) is 3.44. The van der Waals surface area contributed by atoms with Gasteiger partial charge in [-0.2, -0.15) is 0 Å². The first-order valence-electron chi connectivity index (χ1n) is 14.8. The molecule has 0 saturated heterocycles. The molecule has 0 fully saturated rings. The molecule has 1 aliphatic rings. The monoisotopic (exact) mass is 669 g/mol. The van der Waals surface area contributed by atoms with Crippen LogP contribution in [0.1, 0.15) is 25.0 Å². The summed E-state index contributed by atoms with van der Waals surface area (Å²) in [4.78, 5) is 27.9. The van der Waals surface area contributed by atoms with Crippen molar-refractivity contribution in [1.82, 2.24) is 10.2 Å². The zero-order valence-corrected chi connectivity index (χ0v) is 28.3. The molecule has 46 heavy (non-hydrogen) atoms. The molecule has 0 radical (unpaired) electrons. The average Bonchev–Trinajstić information content (AvgIpc) is 3.33. The van der Waals surface area contributed by atoms with E-state index in [9.17, 15) is 22.6 Å². The van der Waals surface area contributed by atoms with E-state index >= 15 is 0 Å². The molecule has 2 amide bonds. The Balaban J connectivity index is 1.71. The van der Waals surface area contributed by atoms with E-state index in [1.165, 1.54) is 0 Å². The van der Waals surface area contributed by atoms with Gasteiger partial charge in [-0.1, -0.05) is 30.3 Å². The Hall–Kier alpha value is -4.00. The van der Waals surface area contributed by atoms with Gasteiger partial charge in [0.1, 0.15) is 6.54 Å². The van der Waals surface area contributed by atoms with E-state index in [0.717, 1.165) is 10.6 Å². The molecule has 14 heteroatoms. The van der Waals surface area contributed by atoms with E-state index in [0.29, 0.717) is 57.9 Å². The number of nitrogens with zero attached hydrogens (tertiary/aromatic N) is 2. The van der Waals surface area contributed by atoms with Crippen molar-refractivity contribution in [1.29, 1.82) is 0 Å². The summed E-state index contributed by atoms with van der Waals surface area (Å²) in [5, 5.41) is 9.28. The standard InChI is InChI=1S/C32H40N5O7PS/c1-6-43-45(40,44-7-2)26-17-18-28-27(21-26)30(32(39)35-28)31(23-11-9-8-10-12-23)34-24-13-15-25(16-14-24)37(46(5,41)42)22-29(38)33-19-20-36(3)4/h8-18,21,34H,6-7,19-20,22H2,1-5H3,(H,33,38)(H,35,39)/b31-30-. The summed E-state index contributed by atoms with van der Waals surface area (Å²) >= 11 is 0. The Bertz CT molecular complexity index is 1740. The van der Waals surface area contributed by atoms with Gasteiger partial charge in [0, 0.05) is 30.0 Å². The number of carbonyl (C=O) groups is 2. The van der Waals surface area contributed by atoms with Gasteiger partial charge >= 0.3 is 7.60 Å². The van der Waals surface area contributed by atoms with Crippen LogP contribution in [0, 0.1) is 0 Å². The second-order valence-corrected chi connectivity index (χ2v) is 14.7. The second kappa shape index (κ2) is 15.1. The molecule has 1 heterocycles. The van der Waals surface area contributed by atoms with Crippen molar-refractivity contribution in [3.8, 4) is 0 Å². The molecule has 0 saturated carbocycles. The lowest BCUT2D eigenvalue weighted by Gasteiger charge is -2.23. The number of carbonyl (C=O) groups excluding carboxylic acids is 2. The van der Waals surface area contributed by atoms with Crippen LogP contribution in [-0.4, -0.2) is 78.3 Å². The van der Waals surface area contributed by atoms with E-state index in [4.69, 9.17) is 9.05 Å². The zero-order chi connectivity index (χ0) is 33.5. The maximum absolute atomic E-state index is 13.6. The van der Waals surface area contributed by atoms with Crippen molar-refractivity contribution in [2.75, 3.05) is 68.1 Å². The van der Waals surface area contributed by atoms with E-state index in [1.807, 2.05) is 49.3 Å². The third-order valence-electron chi connectivity index (χ3n) is 6.97. The van der Waals surface area contributed by atoms with Gasteiger partial charge in [-0.15, -0.1) is 0 Å². The SMILES string of the molecule is CCOP(=O)(OCC)c1ccc2c(c1)/C(=C(/Nc1ccc(N(CC(=O)NCCN(C)C)S(C)(=O)=O)cc1)c1ccccc1)C(=O)N2. The summed E-state index contributed by atoms with van der Waals surface area (Å²) in [6.45, 7) is 4.45. The van der Waals surface area contributed by atoms with E-state index in [2.05, 4.69) is 16.0 Å². The van der Waals surface area contributed by atoms with Crippen molar-refractivity contribution < 1.29 is 31.6 Å². The molecule has 0 unspecified atom stereocenters. The summed E-state index contributed by atoms with van der Waals surface area (Å²) in [6.07, 6.45) is 1.05. The van der Waals surface area contributed by atoms with Crippen LogP contribution in [0.3, 0.4) is 0 Å². The third kappa shape index (κ3) is 8.42. The van der Waals surface area contributed by atoms with Crippen LogP contribution in [0.25, 0.3) is 11.3 Å². The lowest BCUT2D eigenvalue weighted by Crippen LogP contribution is -2.42. The number of rotatable bonds is 15. The highest BCUT2D eigenvalue weighted by molar-refractivity contribution is 7.92. The first-order chi connectivity index (χ1) is 21.9. The van der Waals surface area contributed by atoms with Crippen molar-refractivity contribution in [2.24, 2.45) is 0 Å². The van der Waals surface area contributed by atoms with E-state index in [-0.39, 0.29) is 25.7 Å². The second-order valence-electron chi connectivity index (χ2n) is 10.7. The fraction of sp³-hybridized carbons (Fsp3) is 0.312. The van der Waals surface area contributed by atoms with Gasteiger partial charge in [-0.3, -0.25) is 18.5 Å². The summed E-state index contributed by atoms with van der Waals surface area (Å²) < 4.78 is 51.0. The smallest absolute Gasteiger partial charge is 0.354 e. The zero-order valence-electron chi connectivity index (χ0n) is 26.6. The highest BCUT2D eigenvalue weighted by atomic mass is 32.2. The summed E-state index contributed by atoms with van der Waals surface area (Å²) in [5.74, 6) is -0.782. The maximum Gasteiger partial charge on any atom is 0.361 e. The minimum absolute atomic E-state index is 0.180. The number of fused-ring (bicyclic) bond motifs is 1. The fourth-order valence-electron chi connectivity index (χ4n) is 4.84. The van der Waals surface area contributed by atoms with Crippen LogP contribution in [0.15, 0.2) is 72.8 Å². The largest absolute Gasteiger partial charge is 0.361 e. The Kier molecular flexibility index (Phi) is 11.4. The van der Waals surface area contributed by atoms with E-state index in [1.54, 1.807) is 56.3 Å². The molecule has 0 atom stereocenters. The maximum atomic E-state index is 13.6. The molecule has 12 nitrogen and oxygen atoms in total. The molecule has 1 aliphatic heterocycles. The lowest BCUT2D eigenvalue weighted by molar-refractivity contribution is -0.119. The van der Waals surface area contributed by atoms with Gasteiger partial charge in [-0.25, -0.2) is 8.42 Å². The lowest BCUT2D eigenvalue weighted by atomic mass is 10.00. The Labute approximate surface area is 270 Å².